The van der Waals surface area contributed by atoms with Gasteiger partial charge in [-0.15, -0.1) is 0 Å². The molecule has 0 heterocycles. The topological polar surface area (TPSA) is 84.9 Å². The minimum Gasteiger partial charge on any atom is -0.493 e. The van der Waals surface area contributed by atoms with Crippen molar-refractivity contribution in [3.8, 4) is 11.5 Å². The van der Waals surface area contributed by atoms with Crippen molar-refractivity contribution >= 4 is 21.6 Å². The molecule has 0 aromatic heterocycles. The van der Waals surface area contributed by atoms with Crippen molar-refractivity contribution in [1.29, 1.82) is 0 Å². The predicted molar refractivity (Wildman–Crippen MR) is 119 cm³/mol. The number of carbonyl (C=O) groups excluding carboxylic acids is 1. The Kier molecular flexibility index (Phi) is 8.53. The number of ether oxygens (including phenoxy) is 2. The molecule has 0 radical (unpaired) electrons. The molecule has 0 unspecified atom stereocenters. The van der Waals surface area contributed by atoms with Crippen LogP contribution < -0.4 is 19.1 Å². The summed E-state index contributed by atoms with van der Waals surface area (Å²) in [5.41, 5.74) is 2.74. The van der Waals surface area contributed by atoms with Gasteiger partial charge in [-0.2, -0.15) is 0 Å². The fourth-order valence-corrected chi connectivity index (χ4v) is 3.89. The maximum atomic E-state index is 12.2. The van der Waals surface area contributed by atoms with Crippen LogP contribution in [0.5, 0.6) is 11.5 Å². The van der Waals surface area contributed by atoms with E-state index in [0.29, 0.717) is 36.8 Å². The van der Waals surface area contributed by atoms with Gasteiger partial charge in [0.1, 0.15) is 6.61 Å². The van der Waals surface area contributed by atoms with Crippen molar-refractivity contribution in [2.45, 2.75) is 26.7 Å². The molecule has 0 saturated carbocycles. The second-order valence-corrected chi connectivity index (χ2v) is 8.96. The number of para-hydroxylation sites is 2. The van der Waals surface area contributed by atoms with Crippen molar-refractivity contribution in [1.82, 2.24) is 5.32 Å². The fourth-order valence-electron chi connectivity index (χ4n) is 2.93. The molecule has 30 heavy (non-hydrogen) atoms. The van der Waals surface area contributed by atoms with Crippen molar-refractivity contribution < 1.29 is 22.7 Å². The molecule has 0 fully saturated rings. The zero-order chi connectivity index (χ0) is 22.1. The molecular weight excluding hydrogens is 404 g/mol. The number of aryl methyl sites for hydroxylation is 2. The van der Waals surface area contributed by atoms with E-state index in [4.69, 9.17) is 9.47 Å². The molecule has 1 N–H and O–H groups in total. The number of nitrogens with zero attached hydrogens (tertiary/aromatic N) is 1. The summed E-state index contributed by atoms with van der Waals surface area (Å²) in [6.45, 7) is 4.83. The SMILES string of the molecule is COc1ccccc1OCCNC(=O)CCCN(c1ccc(C)c(C)c1)S(C)(=O)=O. The van der Waals surface area contributed by atoms with Gasteiger partial charge in [0.15, 0.2) is 11.5 Å². The van der Waals surface area contributed by atoms with Crippen molar-refractivity contribution in [3.63, 3.8) is 0 Å². The highest BCUT2D eigenvalue weighted by Gasteiger charge is 2.18. The Morgan fingerprint density at radius 3 is 2.40 bits per heavy atom. The Morgan fingerprint density at radius 2 is 1.77 bits per heavy atom. The van der Waals surface area contributed by atoms with Crippen LogP contribution in [0.4, 0.5) is 5.69 Å². The molecule has 0 aliphatic carbocycles. The Labute approximate surface area is 179 Å². The quantitative estimate of drug-likeness (QED) is 0.550. The Bertz CT molecular complexity index is 960. The molecule has 2 aromatic carbocycles. The van der Waals surface area contributed by atoms with Gasteiger partial charge in [-0.3, -0.25) is 9.10 Å². The number of hydrogen-bond acceptors (Lipinski definition) is 5. The van der Waals surface area contributed by atoms with Gasteiger partial charge in [-0.05, 0) is 55.7 Å². The lowest BCUT2D eigenvalue weighted by Gasteiger charge is -2.23. The molecule has 8 heteroatoms. The van der Waals surface area contributed by atoms with Gasteiger partial charge < -0.3 is 14.8 Å². The molecule has 0 aliphatic heterocycles. The van der Waals surface area contributed by atoms with Crippen LogP contribution in [0, 0.1) is 13.8 Å². The highest BCUT2D eigenvalue weighted by atomic mass is 32.2. The van der Waals surface area contributed by atoms with E-state index in [0.717, 1.165) is 11.1 Å². The van der Waals surface area contributed by atoms with Gasteiger partial charge in [0.2, 0.25) is 15.9 Å². The minimum atomic E-state index is -3.43. The zero-order valence-corrected chi connectivity index (χ0v) is 18.8. The fraction of sp³-hybridized carbons (Fsp3) is 0.409. The van der Waals surface area contributed by atoms with E-state index in [1.54, 1.807) is 25.3 Å². The maximum absolute atomic E-state index is 12.2. The predicted octanol–water partition coefficient (Wildman–Crippen LogP) is 3.05. The molecule has 164 valence electrons. The summed E-state index contributed by atoms with van der Waals surface area (Å²) in [6, 6.07) is 12.8. The molecule has 0 aliphatic rings. The lowest BCUT2D eigenvalue weighted by atomic mass is 10.1. The monoisotopic (exact) mass is 434 g/mol. The summed E-state index contributed by atoms with van der Waals surface area (Å²) in [5, 5.41) is 2.79. The van der Waals surface area contributed by atoms with Gasteiger partial charge in [-0.25, -0.2) is 8.42 Å². The van der Waals surface area contributed by atoms with Crippen LogP contribution in [0.2, 0.25) is 0 Å². The molecule has 2 rings (SSSR count). The summed E-state index contributed by atoms with van der Waals surface area (Å²) in [5.74, 6) is 1.11. The number of sulfonamides is 1. The second-order valence-electron chi connectivity index (χ2n) is 7.06. The van der Waals surface area contributed by atoms with Gasteiger partial charge in [0, 0.05) is 13.0 Å². The molecule has 0 atom stereocenters. The molecule has 1 amide bonds. The summed E-state index contributed by atoms with van der Waals surface area (Å²) in [7, 11) is -1.86. The number of amides is 1. The van der Waals surface area contributed by atoms with Crippen LogP contribution in [0.15, 0.2) is 42.5 Å². The number of hydrogen-bond donors (Lipinski definition) is 1. The lowest BCUT2D eigenvalue weighted by Crippen LogP contribution is -2.33. The van der Waals surface area contributed by atoms with E-state index in [-0.39, 0.29) is 18.9 Å². The van der Waals surface area contributed by atoms with E-state index >= 15 is 0 Å². The lowest BCUT2D eigenvalue weighted by molar-refractivity contribution is -0.121. The first-order chi connectivity index (χ1) is 14.2. The first kappa shape index (κ1) is 23.5. The molecule has 7 nitrogen and oxygen atoms in total. The highest BCUT2D eigenvalue weighted by molar-refractivity contribution is 7.92. The number of benzene rings is 2. The summed E-state index contributed by atoms with van der Waals surface area (Å²) in [4.78, 5) is 12.1. The third-order valence-corrected chi connectivity index (χ3v) is 5.89. The number of nitrogens with one attached hydrogen (secondary N) is 1. The Hall–Kier alpha value is -2.74. The van der Waals surface area contributed by atoms with Crippen molar-refractivity contribution in [2.24, 2.45) is 0 Å². The highest BCUT2D eigenvalue weighted by Crippen LogP contribution is 2.25. The van der Waals surface area contributed by atoms with E-state index in [1.807, 2.05) is 38.1 Å². The zero-order valence-electron chi connectivity index (χ0n) is 18.0. The standard InChI is InChI=1S/C22H30N2O5S/c1-17-11-12-19(16-18(17)2)24(30(4,26)27)14-7-10-22(25)23-13-15-29-21-9-6-5-8-20(21)28-3/h5-6,8-9,11-12,16H,7,10,13-15H2,1-4H3,(H,23,25). The van der Waals surface area contributed by atoms with Crippen LogP contribution in [0.1, 0.15) is 24.0 Å². The van der Waals surface area contributed by atoms with Gasteiger partial charge in [0.25, 0.3) is 0 Å². The van der Waals surface area contributed by atoms with Crippen LogP contribution in [0.25, 0.3) is 0 Å². The Morgan fingerprint density at radius 1 is 1.07 bits per heavy atom. The van der Waals surface area contributed by atoms with Crippen LogP contribution in [0.3, 0.4) is 0 Å². The van der Waals surface area contributed by atoms with E-state index in [9.17, 15) is 13.2 Å². The van der Waals surface area contributed by atoms with Crippen LogP contribution in [-0.4, -0.2) is 47.4 Å². The van der Waals surface area contributed by atoms with Crippen molar-refractivity contribution in [2.75, 3.05) is 37.4 Å². The van der Waals surface area contributed by atoms with Gasteiger partial charge >= 0.3 is 0 Å². The van der Waals surface area contributed by atoms with E-state index in [1.165, 1.54) is 10.6 Å². The van der Waals surface area contributed by atoms with Gasteiger partial charge in [0.05, 0.1) is 25.6 Å². The van der Waals surface area contributed by atoms with E-state index < -0.39 is 10.0 Å². The van der Waals surface area contributed by atoms with Crippen molar-refractivity contribution in [3.05, 3.63) is 53.6 Å². The average molecular weight is 435 g/mol. The second kappa shape index (κ2) is 10.9. The molecule has 2 aromatic rings. The minimum absolute atomic E-state index is 0.146. The third-order valence-electron chi connectivity index (χ3n) is 4.69. The smallest absolute Gasteiger partial charge is 0.232 e. The third kappa shape index (κ3) is 6.95. The number of methoxy groups -OCH3 is 1. The summed E-state index contributed by atoms with van der Waals surface area (Å²) < 4.78 is 36.6. The summed E-state index contributed by atoms with van der Waals surface area (Å²) >= 11 is 0. The van der Waals surface area contributed by atoms with E-state index in [2.05, 4.69) is 5.32 Å². The normalized spacial score (nSPS) is 11.1. The maximum Gasteiger partial charge on any atom is 0.232 e. The number of carbonyl (C=O) groups is 1. The van der Waals surface area contributed by atoms with Crippen LogP contribution in [-0.2, 0) is 14.8 Å². The largest absolute Gasteiger partial charge is 0.493 e. The molecule has 0 saturated heterocycles. The molecule has 0 spiro atoms. The summed E-state index contributed by atoms with van der Waals surface area (Å²) in [6.07, 6.45) is 1.82. The molecule has 0 bridgehead atoms. The first-order valence-corrected chi connectivity index (χ1v) is 11.6. The molecular formula is C22H30N2O5S. The number of anilines is 1. The average Bonchev–Trinajstić information content (AvgIpc) is 2.70. The number of rotatable bonds is 11. The first-order valence-electron chi connectivity index (χ1n) is 9.80. The van der Waals surface area contributed by atoms with Gasteiger partial charge in [-0.1, -0.05) is 18.2 Å². The Balaban J connectivity index is 1.79. The van der Waals surface area contributed by atoms with Crippen LogP contribution >= 0.6 is 0 Å².